The molecular formula is C25H30N4O3S. The molecule has 2 aromatic carbocycles. The Kier molecular flexibility index (Phi) is 8.06. The topological polar surface area (TPSA) is 82.7 Å². The smallest absolute Gasteiger partial charge is 0.338 e. The van der Waals surface area contributed by atoms with Crippen LogP contribution in [-0.2, 0) is 16.1 Å². The number of benzene rings is 2. The van der Waals surface area contributed by atoms with E-state index in [9.17, 15) is 9.59 Å². The van der Waals surface area contributed by atoms with E-state index in [0.29, 0.717) is 29.5 Å². The molecule has 2 aromatic rings. The first kappa shape index (κ1) is 24.3. The van der Waals surface area contributed by atoms with Crippen molar-refractivity contribution in [1.29, 1.82) is 0 Å². The monoisotopic (exact) mass is 466 g/mol. The number of nitrogens with one attached hydrogen (secondary N) is 3. The molecule has 0 bridgehead atoms. The summed E-state index contributed by atoms with van der Waals surface area (Å²) < 4.78 is 5.52. The predicted molar refractivity (Wildman–Crippen MR) is 133 cm³/mol. The van der Waals surface area contributed by atoms with Gasteiger partial charge >= 0.3 is 12.0 Å². The quantitative estimate of drug-likeness (QED) is 0.416. The van der Waals surface area contributed by atoms with Crippen LogP contribution >= 0.6 is 12.2 Å². The number of amides is 2. The highest BCUT2D eigenvalue weighted by Crippen LogP contribution is 2.31. The largest absolute Gasteiger partial charge is 0.462 e. The van der Waals surface area contributed by atoms with Crippen molar-refractivity contribution in [2.24, 2.45) is 5.92 Å². The number of thiocarbonyl (C=S) groups is 1. The summed E-state index contributed by atoms with van der Waals surface area (Å²) >= 11 is 5.44. The second kappa shape index (κ2) is 11.0. The van der Waals surface area contributed by atoms with Gasteiger partial charge in [-0.05, 0) is 48.3 Å². The fourth-order valence-electron chi connectivity index (χ4n) is 3.38. The molecule has 1 aliphatic rings. The number of hydrogen-bond acceptors (Lipinski definition) is 4. The highest BCUT2D eigenvalue weighted by Gasteiger charge is 2.33. The van der Waals surface area contributed by atoms with Crippen LogP contribution in [0.15, 0.2) is 65.9 Å². The summed E-state index contributed by atoms with van der Waals surface area (Å²) in [4.78, 5) is 26.9. The standard InChI is InChI=1S/C25H30N4O3S/c1-16(2)15-32-23(30)21-17(3)29(4)25(33)28-22(21)19-10-12-20(13-11-19)27-24(31)26-14-18-8-6-5-7-9-18/h5-13,16,22H,14-15H2,1-4H3,(H,28,33)(H2,26,27,31). The summed E-state index contributed by atoms with van der Waals surface area (Å²) in [6, 6.07) is 16.3. The fraction of sp³-hybridized carbons (Fsp3) is 0.320. The SMILES string of the molecule is CC1=C(C(=O)OCC(C)C)C(c2ccc(NC(=O)NCc3ccccc3)cc2)NC(=S)N1C. The maximum atomic E-state index is 12.9. The van der Waals surface area contributed by atoms with Crippen molar-refractivity contribution in [2.45, 2.75) is 33.4 Å². The molecule has 0 saturated carbocycles. The van der Waals surface area contributed by atoms with E-state index in [0.717, 1.165) is 16.8 Å². The number of carbonyl (C=O) groups is 2. The van der Waals surface area contributed by atoms with Crippen molar-refractivity contribution < 1.29 is 14.3 Å². The summed E-state index contributed by atoms with van der Waals surface area (Å²) in [6.07, 6.45) is 0. The molecule has 174 valence electrons. The number of ether oxygens (including phenoxy) is 1. The van der Waals surface area contributed by atoms with Gasteiger partial charge in [-0.2, -0.15) is 0 Å². The van der Waals surface area contributed by atoms with Crippen LogP contribution in [0.2, 0.25) is 0 Å². The molecule has 0 fully saturated rings. The van der Waals surface area contributed by atoms with E-state index >= 15 is 0 Å². The van der Waals surface area contributed by atoms with Gasteiger partial charge in [-0.3, -0.25) is 0 Å². The minimum Gasteiger partial charge on any atom is -0.462 e. The number of anilines is 1. The number of nitrogens with zero attached hydrogens (tertiary/aromatic N) is 1. The van der Waals surface area contributed by atoms with Crippen LogP contribution in [0.5, 0.6) is 0 Å². The highest BCUT2D eigenvalue weighted by molar-refractivity contribution is 7.80. The molecule has 3 rings (SSSR count). The maximum absolute atomic E-state index is 12.9. The zero-order chi connectivity index (χ0) is 24.0. The average Bonchev–Trinajstić information content (AvgIpc) is 2.80. The van der Waals surface area contributed by atoms with Crippen LogP contribution in [0.25, 0.3) is 0 Å². The lowest BCUT2D eigenvalue weighted by Crippen LogP contribution is -2.46. The van der Waals surface area contributed by atoms with E-state index in [1.807, 2.05) is 70.3 Å². The molecule has 1 atom stereocenters. The molecule has 8 heteroatoms. The minimum absolute atomic E-state index is 0.238. The second-order valence-corrected chi connectivity index (χ2v) is 8.73. The number of rotatable bonds is 7. The molecule has 2 amide bonds. The third-order valence-electron chi connectivity index (χ3n) is 5.32. The Hall–Kier alpha value is -3.39. The fourth-order valence-corrected chi connectivity index (χ4v) is 3.64. The van der Waals surface area contributed by atoms with Gasteiger partial charge < -0.3 is 25.6 Å². The van der Waals surface area contributed by atoms with Crippen molar-refractivity contribution in [3.63, 3.8) is 0 Å². The van der Waals surface area contributed by atoms with E-state index in [-0.39, 0.29) is 17.9 Å². The number of allylic oxidation sites excluding steroid dienone is 1. The molecule has 0 spiro atoms. The first-order valence-corrected chi connectivity index (χ1v) is 11.3. The van der Waals surface area contributed by atoms with Gasteiger partial charge in [0.15, 0.2) is 5.11 Å². The lowest BCUT2D eigenvalue weighted by atomic mass is 9.95. The molecule has 1 unspecified atom stereocenters. The Morgan fingerprint density at radius 3 is 2.42 bits per heavy atom. The molecule has 0 aliphatic carbocycles. The summed E-state index contributed by atoms with van der Waals surface area (Å²) in [7, 11) is 1.82. The third kappa shape index (κ3) is 6.32. The lowest BCUT2D eigenvalue weighted by Gasteiger charge is -2.35. The van der Waals surface area contributed by atoms with Crippen LogP contribution in [-0.4, -0.2) is 35.7 Å². The van der Waals surface area contributed by atoms with Gasteiger partial charge in [-0.15, -0.1) is 0 Å². The molecule has 33 heavy (non-hydrogen) atoms. The van der Waals surface area contributed by atoms with Gasteiger partial charge in [-0.1, -0.05) is 56.3 Å². The van der Waals surface area contributed by atoms with E-state index in [4.69, 9.17) is 17.0 Å². The highest BCUT2D eigenvalue weighted by atomic mass is 32.1. The molecule has 1 aliphatic heterocycles. The molecule has 1 heterocycles. The molecular weight excluding hydrogens is 436 g/mol. The number of esters is 1. The van der Waals surface area contributed by atoms with Gasteiger partial charge in [0.1, 0.15) is 0 Å². The Bertz CT molecular complexity index is 1040. The van der Waals surface area contributed by atoms with Gasteiger partial charge in [0, 0.05) is 25.0 Å². The van der Waals surface area contributed by atoms with Crippen LogP contribution in [0.3, 0.4) is 0 Å². The van der Waals surface area contributed by atoms with Crippen molar-refractivity contribution in [1.82, 2.24) is 15.5 Å². The maximum Gasteiger partial charge on any atom is 0.338 e. The van der Waals surface area contributed by atoms with Crippen molar-refractivity contribution >= 4 is 35.0 Å². The predicted octanol–water partition coefficient (Wildman–Crippen LogP) is 4.34. The van der Waals surface area contributed by atoms with E-state index < -0.39 is 6.04 Å². The van der Waals surface area contributed by atoms with Crippen LogP contribution < -0.4 is 16.0 Å². The summed E-state index contributed by atoms with van der Waals surface area (Å²) in [6.45, 7) is 6.63. The number of hydrogen-bond donors (Lipinski definition) is 3. The lowest BCUT2D eigenvalue weighted by molar-refractivity contribution is -0.140. The van der Waals surface area contributed by atoms with Gasteiger partial charge in [0.05, 0.1) is 18.2 Å². The Morgan fingerprint density at radius 1 is 1.12 bits per heavy atom. The first-order valence-electron chi connectivity index (χ1n) is 10.9. The normalized spacial score (nSPS) is 15.8. The zero-order valence-corrected chi connectivity index (χ0v) is 20.2. The van der Waals surface area contributed by atoms with Crippen LogP contribution in [0.4, 0.5) is 10.5 Å². The van der Waals surface area contributed by atoms with Gasteiger partial charge in [0.2, 0.25) is 0 Å². The number of urea groups is 1. The van der Waals surface area contributed by atoms with Crippen LogP contribution in [0, 0.1) is 5.92 Å². The van der Waals surface area contributed by atoms with Crippen LogP contribution in [0.1, 0.15) is 37.9 Å². The molecule has 3 N–H and O–H groups in total. The Balaban J connectivity index is 1.71. The molecule has 0 aromatic heterocycles. The van der Waals surface area contributed by atoms with Crippen molar-refractivity contribution in [2.75, 3.05) is 19.0 Å². The van der Waals surface area contributed by atoms with E-state index in [1.165, 1.54) is 0 Å². The summed E-state index contributed by atoms with van der Waals surface area (Å²) in [5, 5.41) is 9.42. The third-order valence-corrected chi connectivity index (χ3v) is 5.71. The van der Waals surface area contributed by atoms with Crippen molar-refractivity contribution in [3.8, 4) is 0 Å². The Labute approximate surface area is 200 Å². The van der Waals surface area contributed by atoms with Crippen molar-refractivity contribution in [3.05, 3.63) is 77.0 Å². The molecule has 7 nitrogen and oxygen atoms in total. The minimum atomic E-state index is -0.436. The van der Waals surface area contributed by atoms with E-state index in [2.05, 4.69) is 16.0 Å². The first-order chi connectivity index (χ1) is 15.8. The summed E-state index contributed by atoms with van der Waals surface area (Å²) in [5.74, 6) is -0.127. The van der Waals surface area contributed by atoms with E-state index in [1.54, 1.807) is 17.0 Å². The molecule has 0 radical (unpaired) electrons. The summed E-state index contributed by atoms with van der Waals surface area (Å²) in [5.41, 5.74) is 3.78. The Morgan fingerprint density at radius 2 is 1.79 bits per heavy atom. The average molecular weight is 467 g/mol. The van der Waals surface area contributed by atoms with Gasteiger partial charge in [0.25, 0.3) is 0 Å². The van der Waals surface area contributed by atoms with Gasteiger partial charge in [-0.25, -0.2) is 9.59 Å². The second-order valence-electron chi connectivity index (χ2n) is 8.35. The zero-order valence-electron chi connectivity index (χ0n) is 19.3. The molecule has 0 saturated heterocycles. The number of carbonyl (C=O) groups excluding carboxylic acids is 2.